The third-order valence-electron chi connectivity index (χ3n) is 1.56. The molecule has 0 saturated heterocycles. The Morgan fingerprint density at radius 3 is 2.93 bits per heavy atom. The maximum atomic E-state index is 4.12. The van der Waals surface area contributed by atoms with Crippen LogP contribution in [-0.4, -0.2) is 28.0 Å². The molecule has 14 heavy (non-hydrogen) atoms. The second kappa shape index (κ2) is 7.53. The molecule has 1 N–H and O–H groups in total. The lowest BCUT2D eigenvalue weighted by molar-refractivity contribution is 0.694. The summed E-state index contributed by atoms with van der Waals surface area (Å²) in [5, 5.41) is 3.28. The van der Waals surface area contributed by atoms with Gasteiger partial charge in [-0.25, -0.2) is 9.97 Å². The summed E-state index contributed by atoms with van der Waals surface area (Å²) in [4.78, 5) is 8.23. The van der Waals surface area contributed by atoms with E-state index in [1.54, 1.807) is 12.4 Å². The minimum Gasteiger partial charge on any atom is -0.309 e. The number of aromatic nitrogens is 2. The molecule has 4 heteroatoms. The van der Waals surface area contributed by atoms with Gasteiger partial charge in [0.1, 0.15) is 5.82 Å². The Bertz CT molecular complexity index is 251. The lowest BCUT2D eigenvalue weighted by atomic mass is 10.5. The van der Waals surface area contributed by atoms with Crippen molar-refractivity contribution in [3.63, 3.8) is 0 Å². The first-order valence-corrected chi connectivity index (χ1v) is 5.74. The summed E-state index contributed by atoms with van der Waals surface area (Å²) in [7, 11) is 0. The monoisotopic (exact) mass is 209 g/mol. The van der Waals surface area contributed by atoms with Crippen molar-refractivity contribution in [2.75, 3.05) is 18.1 Å². The zero-order valence-electron chi connectivity index (χ0n) is 8.15. The first-order valence-electron chi connectivity index (χ1n) is 4.58. The molecule has 0 spiro atoms. The minimum atomic E-state index is 0.746. The van der Waals surface area contributed by atoms with Crippen LogP contribution in [0.15, 0.2) is 31.1 Å². The Kier molecular flexibility index (Phi) is 6.02. The molecule has 1 aromatic rings. The third kappa shape index (κ3) is 4.99. The molecule has 0 radical (unpaired) electrons. The molecule has 0 amide bonds. The SMILES string of the molecule is C=CCSCCNCc1ncccn1. The highest BCUT2D eigenvalue weighted by molar-refractivity contribution is 7.99. The van der Waals surface area contributed by atoms with Gasteiger partial charge < -0.3 is 5.32 Å². The van der Waals surface area contributed by atoms with Gasteiger partial charge in [0.25, 0.3) is 0 Å². The molecular weight excluding hydrogens is 194 g/mol. The van der Waals surface area contributed by atoms with Crippen LogP contribution in [0.4, 0.5) is 0 Å². The zero-order valence-corrected chi connectivity index (χ0v) is 8.96. The summed E-state index contributed by atoms with van der Waals surface area (Å²) in [6, 6.07) is 1.82. The molecule has 1 aromatic heterocycles. The predicted molar refractivity (Wildman–Crippen MR) is 61.3 cm³/mol. The topological polar surface area (TPSA) is 37.8 Å². The molecule has 76 valence electrons. The predicted octanol–water partition coefficient (Wildman–Crippen LogP) is 1.49. The summed E-state index contributed by atoms with van der Waals surface area (Å²) in [5.74, 6) is 2.96. The first kappa shape index (κ1) is 11.2. The number of hydrogen-bond acceptors (Lipinski definition) is 4. The van der Waals surface area contributed by atoms with E-state index in [4.69, 9.17) is 0 Å². The summed E-state index contributed by atoms with van der Waals surface area (Å²) in [6.45, 7) is 5.39. The fourth-order valence-corrected chi connectivity index (χ4v) is 1.55. The van der Waals surface area contributed by atoms with E-state index in [0.29, 0.717) is 0 Å². The number of thioether (sulfide) groups is 1. The third-order valence-corrected chi connectivity index (χ3v) is 2.53. The van der Waals surface area contributed by atoms with Crippen LogP contribution in [0.3, 0.4) is 0 Å². The minimum absolute atomic E-state index is 0.746. The highest BCUT2D eigenvalue weighted by Gasteiger charge is 1.92. The van der Waals surface area contributed by atoms with Gasteiger partial charge in [0.2, 0.25) is 0 Å². The quantitative estimate of drug-likeness (QED) is 0.545. The van der Waals surface area contributed by atoms with Gasteiger partial charge in [-0.2, -0.15) is 11.8 Å². The lowest BCUT2D eigenvalue weighted by Gasteiger charge is -2.02. The van der Waals surface area contributed by atoms with E-state index in [1.807, 2.05) is 23.9 Å². The molecule has 3 nitrogen and oxygen atoms in total. The van der Waals surface area contributed by atoms with Gasteiger partial charge in [-0.15, -0.1) is 6.58 Å². The first-order chi connectivity index (χ1) is 6.93. The average molecular weight is 209 g/mol. The van der Waals surface area contributed by atoms with Crippen molar-refractivity contribution in [3.8, 4) is 0 Å². The summed E-state index contributed by atoms with van der Waals surface area (Å²) >= 11 is 1.87. The van der Waals surface area contributed by atoms with Gasteiger partial charge in [-0.1, -0.05) is 6.08 Å². The van der Waals surface area contributed by atoms with Crippen LogP contribution in [0.25, 0.3) is 0 Å². The number of nitrogens with one attached hydrogen (secondary N) is 1. The van der Waals surface area contributed by atoms with Gasteiger partial charge >= 0.3 is 0 Å². The Labute approximate surface area is 89.0 Å². The Morgan fingerprint density at radius 1 is 1.43 bits per heavy atom. The van der Waals surface area contributed by atoms with Crippen LogP contribution in [0.2, 0.25) is 0 Å². The van der Waals surface area contributed by atoms with Crippen LogP contribution in [0, 0.1) is 0 Å². The van der Waals surface area contributed by atoms with E-state index in [0.717, 1.165) is 30.4 Å². The number of hydrogen-bond donors (Lipinski definition) is 1. The maximum Gasteiger partial charge on any atom is 0.141 e. The van der Waals surface area contributed by atoms with E-state index in [1.165, 1.54) is 0 Å². The van der Waals surface area contributed by atoms with Crippen LogP contribution in [0.5, 0.6) is 0 Å². The standard InChI is InChI=1S/C10H15N3S/c1-2-7-14-8-6-11-9-10-12-4-3-5-13-10/h2-5,11H,1,6-9H2. The summed E-state index contributed by atoms with van der Waals surface area (Å²) < 4.78 is 0. The van der Waals surface area contributed by atoms with E-state index in [-0.39, 0.29) is 0 Å². The normalized spacial score (nSPS) is 10.0. The van der Waals surface area contributed by atoms with Crippen molar-refractivity contribution in [1.29, 1.82) is 0 Å². The van der Waals surface area contributed by atoms with Crippen molar-refractivity contribution in [1.82, 2.24) is 15.3 Å². The molecule has 0 atom stereocenters. The summed E-state index contributed by atoms with van der Waals surface area (Å²) in [6.07, 6.45) is 5.44. The Balaban J connectivity index is 2.02. The molecule has 1 heterocycles. The van der Waals surface area contributed by atoms with E-state index >= 15 is 0 Å². The van der Waals surface area contributed by atoms with Gasteiger partial charge in [-0.05, 0) is 6.07 Å². The Morgan fingerprint density at radius 2 is 2.21 bits per heavy atom. The van der Waals surface area contributed by atoms with Crippen molar-refractivity contribution in [3.05, 3.63) is 36.9 Å². The molecule has 0 aromatic carbocycles. The van der Waals surface area contributed by atoms with Gasteiger partial charge in [0.15, 0.2) is 0 Å². The largest absolute Gasteiger partial charge is 0.309 e. The molecular formula is C10H15N3S. The molecule has 0 fully saturated rings. The second-order valence-electron chi connectivity index (χ2n) is 2.71. The van der Waals surface area contributed by atoms with Crippen molar-refractivity contribution >= 4 is 11.8 Å². The number of rotatable bonds is 7. The number of nitrogens with zero attached hydrogens (tertiary/aromatic N) is 2. The summed E-state index contributed by atoms with van der Waals surface area (Å²) in [5.41, 5.74) is 0. The van der Waals surface area contributed by atoms with E-state index in [9.17, 15) is 0 Å². The van der Waals surface area contributed by atoms with Gasteiger partial charge in [0.05, 0.1) is 6.54 Å². The highest BCUT2D eigenvalue weighted by atomic mass is 32.2. The van der Waals surface area contributed by atoms with E-state index in [2.05, 4.69) is 21.9 Å². The van der Waals surface area contributed by atoms with Crippen LogP contribution < -0.4 is 5.32 Å². The highest BCUT2D eigenvalue weighted by Crippen LogP contribution is 1.97. The molecule has 0 aliphatic rings. The Hall–Kier alpha value is -0.870. The van der Waals surface area contributed by atoms with E-state index < -0.39 is 0 Å². The van der Waals surface area contributed by atoms with Crippen molar-refractivity contribution < 1.29 is 0 Å². The van der Waals surface area contributed by atoms with Crippen LogP contribution in [0.1, 0.15) is 5.82 Å². The smallest absolute Gasteiger partial charge is 0.141 e. The molecule has 0 bridgehead atoms. The lowest BCUT2D eigenvalue weighted by Crippen LogP contribution is -2.18. The molecule has 0 unspecified atom stereocenters. The molecule has 0 aliphatic carbocycles. The second-order valence-corrected chi connectivity index (χ2v) is 3.86. The fraction of sp³-hybridized carbons (Fsp3) is 0.400. The van der Waals surface area contributed by atoms with Gasteiger partial charge in [-0.3, -0.25) is 0 Å². The van der Waals surface area contributed by atoms with Crippen molar-refractivity contribution in [2.45, 2.75) is 6.54 Å². The molecule has 1 rings (SSSR count). The fourth-order valence-electron chi connectivity index (χ4n) is 0.932. The average Bonchev–Trinajstić information content (AvgIpc) is 2.25. The zero-order chi connectivity index (χ0) is 10.1. The molecule has 0 aliphatic heterocycles. The van der Waals surface area contributed by atoms with Crippen LogP contribution in [-0.2, 0) is 6.54 Å². The maximum absolute atomic E-state index is 4.12. The van der Waals surface area contributed by atoms with Crippen LogP contribution >= 0.6 is 11.8 Å². The van der Waals surface area contributed by atoms with Gasteiger partial charge in [0, 0.05) is 30.4 Å². The van der Waals surface area contributed by atoms with Crippen molar-refractivity contribution in [2.24, 2.45) is 0 Å². The molecule has 0 saturated carbocycles.